The number of nitrogens with zero attached hydrogens (tertiary/aromatic N) is 5. The van der Waals surface area contributed by atoms with E-state index in [0.29, 0.717) is 23.7 Å². The summed E-state index contributed by atoms with van der Waals surface area (Å²) in [5.74, 6) is -0.869. The zero-order valence-corrected chi connectivity index (χ0v) is 21.0. The third-order valence-corrected chi connectivity index (χ3v) is 6.35. The van der Waals surface area contributed by atoms with Crippen LogP contribution < -0.4 is 0 Å². The van der Waals surface area contributed by atoms with Crippen molar-refractivity contribution in [1.29, 1.82) is 5.26 Å². The van der Waals surface area contributed by atoms with E-state index in [9.17, 15) is 13.6 Å². The number of carbonyl (C=O) groups is 1. The predicted octanol–water partition coefficient (Wildman–Crippen LogP) is 5.89. The van der Waals surface area contributed by atoms with Gasteiger partial charge in [-0.25, -0.2) is 8.78 Å². The third kappa shape index (κ3) is 5.75. The molecule has 0 atom stereocenters. The van der Waals surface area contributed by atoms with E-state index in [1.54, 1.807) is 28.8 Å². The molecule has 39 heavy (non-hydrogen) atoms. The van der Waals surface area contributed by atoms with Crippen LogP contribution in [0.2, 0.25) is 0 Å². The second-order valence-electron chi connectivity index (χ2n) is 9.06. The molecule has 0 saturated carbocycles. The third-order valence-electron chi connectivity index (χ3n) is 6.35. The van der Waals surface area contributed by atoms with E-state index >= 15 is 0 Å². The van der Waals surface area contributed by atoms with E-state index in [0.717, 1.165) is 28.8 Å². The molecule has 9 heteroatoms. The number of hydrogen-bond acceptors (Lipinski definition) is 5. The Labute approximate surface area is 223 Å². The van der Waals surface area contributed by atoms with Crippen LogP contribution in [0, 0.1) is 29.9 Å². The maximum atomic E-state index is 14.6. The average molecular weight is 524 g/mol. The number of nitriles is 1. The van der Waals surface area contributed by atoms with Crippen LogP contribution in [-0.4, -0.2) is 25.6 Å². The van der Waals surface area contributed by atoms with Crippen LogP contribution in [0.3, 0.4) is 0 Å². The molecule has 2 aromatic heterocycles. The first kappa shape index (κ1) is 25.5. The molecule has 0 fully saturated rings. The molecule has 3 aromatic carbocycles. The second-order valence-corrected chi connectivity index (χ2v) is 9.06. The fraction of sp³-hybridized carbons (Fsp3) is 0.133. The number of furan rings is 1. The number of aromatic nitrogens is 3. The number of benzene rings is 3. The van der Waals surface area contributed by atoms with Crippen molar-refractivity contribution in [2.75, 3.05) is 0 Å². The lowest BCUT2D eigenvalue weighted by molar-refractivity contribution is 0.0690. The Bertz CT molecular complexity index is 1670. The van der Waals surface area contributed by atoms with Crippen molar-refractivity contribution in [3.05, 3.63) is 131 Å². The smallest absolute Gasteiger partial charge is 0.290 e. The first-order valence-electron chi connectivity index (χ1n) is 12.2. The van der Waals surface area contributed by atoms with Crippen LogP contribution in [0.1, 0.15) is 38.6 Å². The van der Waals surface area contributed by atoms with Gasteiger partial charge in [0.25, 0.3) is 5.91 Å². The van der Waals surface area contributed by atoms with E-state index in [-0.39, 0.29) is 24.4 Å². The van der Waals surface area contributed by atoms with Crippen molar-refractivity contribution in [2.24, 2.45) is 0 Å². The summed E-state index contributed by atoms with van der Waals surface area (Å²) >= 11 is 0. The Morgan fingerprint density at radius 2 is 1.82 bits per heavy atom. The summed E-state index contributed by atoms with van der Waals surface area (Å²) in [5.41, 5.74) is 3.45. The minimum absolute atomic E-state index is 0.00761. The fourth-order valence-corrected chi connectivity index (χ4v) is 4.24. The van der Waals surface area contributed by atoms with Gasteiger partial charge in [-0.2, -0.15) is 5.26 Å². The average Bonchev–Trinajstić information content (AvgIpc) is 3.60. The minimum atomic E-state index is -0.758. The van der Waals surface area contributed by atoms with Crippen LogP contribution in [0.15, 0.2) is 89.6 Å². The Morgan fingerprint density at radius 1 is 1.03 bits per heavy atom. The van der Waals surface area contributed by atoms with Gasteiger partial charge in [0.15, 0.2) is 11.6 Å². The van der Waals surface area contributed by atoms with E-state index in [2.05, 4.69) is 16.3 Å². The van der Waals surface area contributed by atoms with Gasteiger partial charge < -0.3 is 13.9 Å². The Balaban J connectivity index is 1.44. The van der Waals surface area contributed by atoms with E-state index < -0.39 is 17.5 Å². The van der Waals surface area contributed by atoms with Crippen molar-refractivity contribution >= 4 is 5.91 Å². The fourth-order valence-electron chi connectivity index (χ4n) is 4.24. The van der Waals surface area contributed by atoms with Gasteiger partial charge in [-0.1, -0.05) is 42.5 Å². The molecule has 0 saturated heterocycles. The largest absolute Gasteiger partial charge is 0.451 e. The van der Waals surface area contributed by atoms with Gasteiger partial charge in [-0.05, 0) is 48.4 Å². The highest BCUT2D eigenvalue weighted by Crippen LogP contribution is 2.27. The van der Waals surface area contributed by atoms with Crippen LogP contribution in [0.4, 0.5) is 8.78 Å². The number of rotatable bonds is 8. The van der Waals surface area contributed by atoms with Crippen molar-refractivity contribution < 1.29 is 18.0 Å². The summed E-state index contributed by atoms with van der Waals surface area (Å²) in [6, 6.07) is 23.4. The monoisotopic (exact) mass is 523 g/mol. The number of carbonyl (C=O) groups excluding carboxylic acids is 1. The molecule has 7 nitrogen and oxygen atoms in total. The standard InChI is InChI=1S/C30H23F2N5O2/c1-20-4-2-3-5-25(20)27-12-13-28(39-27)30(38)36(17-23-10-11-24(31)14-26(23)32)18-29-35-34-19-37(29)16-22-8-6-21(15-33)7-9-22/h2-14,19H,16-18H2,1H3. The van der Waals surface area contributed by atoms with Gasteiger partial charge in [0.1, 0.15) is 23.7 Å². The van der Waals surface area contributed by atoms with E-state index in [4.69, 9.17) is 9.68 Å². The predicted molar refractivity (Wildman–Crippen MR) is 139 cm³/mol. The Morgan fingerprint density at radius 3 is 2.56 bits per heavy atom. The SMILES string of the molecule is Cc1ccccc1-c1ccc(C(=O)N(Cc2ccc(F)cc2F)Cc2nncn2Cc2ccc(C#N)cc2)o1. The molecule has 0 aliphatic carbocycles. The van der Waals surface area contributed by atoms with Crippen LogP contribution >= 0.6 is 0 Å². The van der Waals surface area contributed by atoms with Gasteiger partial charge in [-0.15, -0.1) is 10.2 Å². The molecule has 2 heterocycles. The van der Waals surface area contributed by atoms with Crippen molar-refractivity contribution in [3.63, 3.8) is 0 Å². The number of amides is 1. The number of halogens is 2. The van der Waals surface area contributed by atoms with E-state index in [1.165, 1.54) is 17.3 Å². The van der Waals surface area contributed by atoms with E-state index in [1.807, 2.05) is 43.3 Å². The van der Waals surface area contributed by atoms with Crippen molar-refractivity contribution in [3.8, 4) is 17.4 Å². The lowest BCUT2D eigenvalue weighted by Gasteiger charge is -2.22. The van der Waals surface area contributed by atoms with Gasteiger partial charge in [-0.3, -0.25) is 4.79 Å². The van der Waals surface area contributed by atoms with Gasteiger partial charge in [0.2, 0.25) is 0 Å². The van der Waals surface area contributed by atoms with Crippen molar-refractivity contribution in [1.82, 2.24) is 19.7 Å². The van der Waals surface area contributed by atoms with Gasteiger partial charge >= 0.3 is 0 Å². The molecule has 0 aliphatic rings. The quantitative estimate of drug-likeness (QED) is 0.253. The number of aryl methyl sites for hydroxylation is 1. The van der Waals surface area contributed by atoms with Gasteiger partial charge in [0.05, 0.1) is 24.7 Å². The molecule has 0 radical (unpaired) electrons. The molecule has 5 rings (SSSR count). The summed E-state index contributed by atoms with van der Waals surface area (Å²) < 4.78 is 35.8. The van der Waals surface area contributed by atoms with Crippen LogP contribution in [0.25, 0.3) is 11.3 Å². The molecule has 0 aliphatic heterocycles. The topological polar surface area (TPSA) is 88.0 Å². The summed E-state index contributed by atoms with van der Waals surface area (Å²) in [6.07, 6.45) is 1.54. The number of hydrogen-bond donors (Lipinski definition) is 0. The summed E-state index contributed by atoms with van der Waals surface area (Å²) in [6.45, 7) is 2.20. The molecule has 1 amide bonds. The summed E-state index contributed by atoms with van der Waals surface area (Å²) in [7, 11) is 0. The highest BCUT2D eigenvalue weighted by molar-refractivity contribution is 5.92. The maximum absolute atomic E-state index is 14.6. The molecular weight excluding hydrogens is 500 g/mol. The maximum Gasteiger partial charge on any atom is 0.290 e. The minimum Gasteiger partial charge on any atom is -0.451 e. The zero-order chi connectivity index (χ0) is 27.4. The lowest BCUT2D eigenvalue weighted by Crippen LogP contribution is -2.31. The van der Waals surface area contributed by atoms with Crippen LogP contribution in [-0.2, 0) is 19.6 Å². The molecule has 0 bridgehead atoms. The molecule has 0 unspecified atom stereocenters. The zero-order valence-electron chi connectivity index (χ0n) is 21.0. The molecule has 194 valence electrons. The summed E-state index contributed by atoms with van der Waals surface area (Å²) in [4.78, 5) is 15.1. The van der Waals surface area contributed by atoms with Crippen LogP contribution in [0.5, 0.6) is 0 Å². The molecule has 5 aromatic rings. The summed E-state index contributed by atoms with van der Waals surface area (Å²) in [5, 5.41) is 17.2. The van der Waals surface area contributed by atoms with Gasteiger partial charge in [0, 0.05) is 23.7 Å². The second kappa shape index (κ2) is 11.1. The normalized spacial score (nSPS) is 10.8. The Kier molecular flexibility index (Phi) is 7.28. The first-order valence-corrected chi connectivity index (χ1v) is 12.2. The molecule has 0 N–H and O–H groups in total. The first-order chi connectivity index (χ1) is 18.9. The van der Waals surface area contributed by atoms with Crippen molar-refractivity contribution in [2.45, 2.75) is 26.6 Å². The lowest BCUT2D eigenvalue weighted by atomic mass is 10.1. The molecule has 0 spiro atoms. The highest BCUT2D eigenvalue weighted by atomic mass is 19.1. The molecular formula is C30H23F2N5O2. The highest BCUT2D eigenvalue weighted by Gasteiger charge is 2.24. The Hall–Kier alpha value is -5.10.